The topological polar surface area (TPSA) is 46.3 Å². The van der Waals surface area contributed by atoms with Crippen LogP contribution < -0.4 is 4.90 Å². The van der Waals surface area contributed by atoms with Gasteiger partial charge in [0.25, 0.3) is 0 Å². The van der Waals surface area contributed by atoms with Crippen LogP contribution in [0.4, 0.5) is 5.95 Å². The first-order valence-corrected chi connectivity index (χ1v) is 7.83. The summed E-state index contributed by atoms with van der Waals surface area (Å²) in [6.45, 7) is 6.34. The summed E-state index contributed by atoms with van der Waals surface area (Å²) < 4.78 is 1.99. The zero-order chi connectivity index (χ0) is 15.4. The molecule has 3 aromatic rings. The molecule has 0 saturated heterocycles. The minimum absolute atomic E-state index is 0.855. The van der Waals surface area contributed by atoms with Gasteiger partial charge in [-0.2, -0.15) is 0 Å². The van der Waals surface area contributed by atoms with Gasteiger partial charge < -0.3 is 4.90 Å². The molecule has 0 aliphatic carbocycles. The maximum atomic E-state index is 4.56. The highest BCUT2D eigenvalue weighted by atomic mass is 15.3. The molecule has 0 aliphatic heterocycles. The summed E-state index contributed by atoms with van der Waals surface area (Å²) in [5.41, 5.74) is 2.83. The van der Waals surface area contributed by atoms with Crippen molar-refractivity contribution in [1.29, 1.82) is 0 Å². The number of anilines is 1. The average molecular weight is 295 g/mol. The van der Waals surface area contributed by atoms with E-state index < -0.39 is 0 Å². The Balaban J connectivity index is 2.09. The van der Waals surface area contributed by atoms with Crippen LogP contribution in [0.2, 0.25) is 0 Å². The molecule has 3 rings (SSSR count). The first-order chi connectivity index (χ1) is 10.8. The van der Waals surface area contributed by atoms with Crippen LogP contribution in [0.15, 0.2) is 43.0 Å². The SMILES string of the molecule is CCCN(CCC)c1ncnc2c(-c3ccccc3)ncn12. The first-order valence-electron chi connectivity index (χ1n) is 7.83. The predicted molar refractivity (Wildman–Crippen MR) is 89.0 cm³/mol. The molecule has 114 valence electrons. The quantitative estimate of drug-likeness (QED) is 0.699. The number of hydrogen-bond acceptors (Lipinski definition) is 4. The molecule has 0 aliphatic rings. The van der Waals surface area contributed by atoms with E-state index >= 15 is 0 Å². The van der Waals surface area contributed by atoms with Gasteiger partial charge in [0, 0.05) is 18.7 Å². The molecule has 5 nitrogen and oxygen atoms in total. The first kappa shape index (κ1) is 14.5. The standard InChI is InChI=1S/C17H21N5/c1-3-10-21(11-4-2)17-19-12-18-16-15(20-13-22(16)17)14-8-6-5-7-9-14/h5-9,12-13H,3-4,10-11H2,1-2H3. The summed E-state index contributed by atoms with van der Waals surface area (Å²) in [4.78, 5) is 15.8. The van der Waals surface area contributed by atoms with Crippen LogP contribution in [-0.2, 0) is 0 Å². The molecule has 0 amide bonds. The highest BCUT2D eigenvalue weighted by Gasteiger charge is 2.15. The number of fused-ring (bicyclic) bond motifs is 1. The molecule has 0 saturated carbocycles. The fourth-order valence-corrected chi connectivity index (χ4v) is 2.69. The molecule has 0 radical (unpaired) electrons. The summed E-state index contributed by atoms with van der Waals surface area (Å²) >= 11 is 0. The van der Waals surface area contributed by atoms with Gasteiger partial charge in [0.05, 0.1) is 0 Å². The van der Waals surface area contributed by atoms with E-state index in [1.807, 2.05) is 28.9 Å². The van der Waals surface area contributed by atoms with Gasteiger partial charge in [0.15, 0.2) is 5.65 Å². The summed E-state index contributed by atoms with van der Waals surface area (Å²) in [6.07, 6.45) is 5.64. The summed E-state index contributed by atoms with van der Waals surface area (Å²) in [5, 5.41) is 0. The normalized spacial score (nSPS) is 11.0. The van der Waals surface area contributed by atoms with Crippen molar-refractivity contribution >= 4 is 11.6 Å². The number of hydrogen-bond donors (Lipinski definition) is 0. The van der Waals surface area contributed by atoms with Crippen LogP contribution in [0.25, 0.3) is 16.9 Å². The second-order valence-corrected chi connectivity index (χ2v) is 5.31. The monoisotopic (exact) mass is 295 g/mol. The third-order valence-electron chi connectivity index (χ3n) is 3.63. The Morgan fingerprint density at radius 3 is 2.36 bits per heavy atom. The summed E-state index contributed by atoms with van der Waals surface area (Å²) in [7, 11) is 0. The second-order valence-electron chi connectivity index (χ2n) is 5.31. The second kappa shape index (κ2) is 6.56. The van der Waals surface area contributed by atoms with Crippen molar-refractivity contribution in [2.75, 3.05) is 18.0 Å². The van der Waals surface area contributed by atoms with Gasteiger partial charge in [-0.3, -0.25) is 4.40 Å². The van der Waals surface area contributed by atoms with Crippen molar-refractivity contribution in [2.24, 2.45) is 0 Å². The van der Waals surface area contributed by atoms with E-state index in [0.29, 0.717) is 0 Å². The highest BCUT2D eigenvalue weighted by molar-refractivity contribution is 5.74. The molecular weight excluding hydrogens is 274 g/mol. The number of benzene rings is 1. The molecule has 0 N–H and O–H groups in total. The van der Waals surface area contributed by atoms with Gasteiger partial charge in [-0.1, -0.05) is 44.2 Å². The van der Waals surface area contributed by atoms with Crippen LogP contribution >= 0.6 is 0 Å². The molecule has 0 spiro atoms. The van der Waals surface area contributed by atoms with Gasteiger partial charge in [-0.15, -0.1) is 0 Å². The number of aromatic nitrogens is 4. The Hall–Kier alpha value is -2.43. The minimum atomic E-state index is 0.855. The van der Waals surface area contributed by atoms with Crippen molar-refractivity contribution in [3.05, 3.63) is 43.0 Å². The van der Waals surface area contributed by atoms with Crippen molar-refractivity contribution < 1.29 is 0 Å². The number of imidazole rings is 1. The van der Waals surface area contributed by atoms with Gasteiger partial charge in [0.2, 0.25) is 5.95 Å². The number of nitrogens with zero attached hydrogens (tertiary/aromatic N) is 5. The Morgan fingerprint density at radius 1 is 0.955 bits per heavy atom. The van der Waals surface area contributed by atoms with Crippen LogP contribution in [0.1, 0.15) is 26.7 Å². The molecule has 2 heterocycles. The van der Waals surface area contributed by atoms with Crippen LogP contribution in [0.3, 0.4) is 0 Å². The van der Waals surface area contributed by atoms with Crippen molar-refractivity contribution in [1.82, 2.24) is 19.4 Å². The third-order valence-corrected chi connectivity index (χ3v) is 3.63. The molecule has 0 atom stereocenters. The van der Waals surface area contributed by atoms with Gasteiger partial charge in [-0.05, 0) is 12.8 Å². The zero-order valence-electron chi connectivity index (χ0n) is 13.1. The lowest BCUT2D eigenvalue weighted by Crippen LogP contribution is -2.28. The van der Waals surface area contributed by atoms with Gasteiger partial charge in [-0.25, -0.2) is 15.0 Å². The van der Waals surface area contributed by atoms with E-state index in [1.54, 1.807) is 6.33 Å². The Bertz CT molecular complexity index is 729. The summed E-state index contributed by atoms with van der Waals surface area (Å²) in [5.74, 6) is 0.920. The predicted octanol–water partition coefficient (Wildman–Crippen LogP) is 3.42. The Morgan fingerprint density at radius 2 is 1.68 bits per heavy atom. The minimum Gasteiger partial charge on any atom is -0.342 e. The van der Waals surface area contributed by atoms with E-state index in [9.17, 15) is 0 Å². The smallest absolute Gasteiger partial charge is 0.214 e. The maximum absolute atomic E-state index is 4.56. The molecule has 5 heteroatoms. The number of rotatable bonds is 6. The van der Waals surface area contributed by atoms with E-state index in [4.69, 9.17) is 0 Å². The van der Waals surface area contributed by atoms with E-state index in [-0.39, 0.29) is 0 Å². The summed E-state index contributed by atoms with van der Waals surface area (Å²) in [6, 6.07) is 10.2. The van der Waals surface area contributed by atoms with Crippen LogP contribution in [0, 0.1) is 0 Å². The lowest BCUT2D eigenvalue weighted by atomic mass is 10.2. The average Bonchev–Trinajstić information content (AvgIpc) is 2.99. The van der Waals surface area contributed by atoms with Crippen LogP contribution in [0.5, 0.6) is 0 Å². The lowest BCUT2D eigenvalue weighted by molar-refractivity contribution is 0.711. The van der Waals surface area contributed by atoms with E-state index in [0.717, 1.165) is 48.8 Å². The Labute approximate surface area is 130 Å². The highest BCUT2D eigenvalue weighted by Crippen LogP contribution is 2.23. The molecular formula is C17H21N5. The molecule has 0 unspecified atom stereocenters. The molecule has 1 aromatic carbocycles. The van der Waals surface area contributed by atoms with Gasteiger partial charge in [0.1, 0.15) is 18.3 Å². The van der Waals surface area contributed by atoms with Gasteiger partial charge >= 0.3 is 0 Å². The lowest BCUT2D eigenvalue weighted by Gasteiger charge is -2.22. The van der Waals surface area contributed by atoms with E-state index in [1.165, 1.54) is 0 Å². The fraction of sp³-hybridized carbons (Fsp3) is 0.353. The van der Waals surface area contributed by atoms with Crippen molar-refractivity contribution in [2.45, 2.75) is 26.7 Å². The molecule has 0 fully saturated rings. The third kappa shape index (κ3) is 2.66. The van der Waals surface area contributed by atoms with Crippen LogP contribution in [-0.4, -0.2) is 32.4 Å². The Kier molecular flexibility index (Phi) is 4.32. The molecule has 22 heavy (non-hydrogen) atoms. The maximum Gasteiger partial charge on any atom is 0.214 e. The van der Waals surface area contributed by atoms with Crippen molar-refractivity contribution in [3.63, 3.8) is 0 Å². The van der Waals surface area contributed by atoms with E-state index in [2.05, 4.69) is 45.8 Å². The molecule has 0 bridgehead atoms. The fourth-order valence-electron chi connectivity index (χ4n) is 2.69. The molecule has 2 aromatic heterocycles. The van der Waals surface area contributed by atoms with Crippen molar-refractivity contribution in [3.8, 4) is 11.3 Å². The largest absolute Gasteiger partial charge is 0.342 e. The zero-order valence-corrected chi connectivity index (χ0v) is 13.1.